The Morgan fingerprint density at radius 2 is 1.77 bits per heavy atom. The number of aliphatic hydroxyl groups is 1. The van der Waals surface area contributed by atoms with Crippen molar-refractivity contribution in [3.8, 4) is 0 Å². The maximum absolute atomic E-state index is 12.5. The molecule has 2 heteroatoms. The second kappa shape index (κ2) is 6.90. The first-order valence-electron chi connectivity index (χ1n) is 11.6. The van der Waals surface area contributed by atoms with Crippen molar-refractivity contribution < 1.29 is 9.90 Å². The van der Waals surface area contributed by atoms with E-state index in [1.807, 2.05) is 6.92 Å². The number of hydrogen-bond acceptors (Lipinski definition) is 2. The third kappa shape index (κ3) is 2.99. The molecule has 4 rings (SSSR count). The van der Waals surface area contributed by atoms with Crippen molar-refractivity contribution in [1.29, 1.82) is 0 Å². The van der Waals surface area contributed by atoms with Crippen molar-refractivity contribution in [2.45, 2.75) is 103 Å². The molecule has 8 atom stereocenters. The molecule has 0 saturated heterocycles. The highest BCUT2D eigenvalue weighted by Crippen LogP contribution is 2.64. The Hall–Kier alpha value is -0.370. The zero-order chi connectivity index (χ0) is 18.5. The SMILES string of the molecule is CC[C@]12CC[C@H]3[C@@H](CC[C@@H]4C[C@](C)(O)CCC[C@@H]43)[C@@H]1CCC[C@@H]2C(C)=O. The molecule has 148 valence electrons. The van der Waals surface area contributed by atoms with Crippen LogP contribution in [0.15, 0.2) is 0 Å². The molecule has 0 aliphatic heterocycles. The summed E-state index contributed by atoms with van der Waals surface area (Å²) in [5.74, 6) is 4.91. The minimum absolute atomic E-state index is 0.314. The summed E-state index contributed by atoms with van der Waals surface area (Å²) in [6, 6.07) is 0. The van der Waals surface area contributed by atoms with Crippen LogP contribution in [0.4, 0.5) is 0 Å². The minimum atomic E-state index is -0.432. The Balaban J connectivity index is 1.60. The highest BCUT2D eigenvalue weighted by Gasteiger charge is 2.57. The Morgan fingerprint density at radius 1 is 0.962 bits per heavy atom. The lowest BCUT2D eigenvalue weighted by Crippen LogP contribution is -2.54. The predicted molar refractivity (Wildman–Crippen MR) is 106 cm³/mol. The summed E-state index contributed by atoms with van der Waals surface area (Å²) < 4.78 is 0. The lowest BCUT2D eigenvalue weighted by Gasteiger charge is -2.60. The van der Waals surface area contributed by atoms with Gasteiger partial charge in [0.2, 0.25) is 0 Å². The van der Waals surface area contributed by atoms with Crippen LogP contribution in [0.3, 0.4) is 0 Å². The van der Waals surface area contributed by atoms with Gasteiger partial charge in [-0.15, -0.1) is 0 Å². The Kier molecular flexibility index (Phi) is 5.04. The monoisotopic (exact) mass is 360 g/mol. The van der Waals surface area contributed by atoms with Gasteiger partial charge in [0, 0.05) is 5.92 Å². The largest absolute Gasteiger partial charge is 0.390 e. The summed E-state index contributed by atoms with van der Waals surface area (Å²) in [6.07, 6.45) is 14.9. The van der Waals surface area contributed by atoms with Gasteiger partial charge in [0.1, 0.15) is 5.78 Å². The van der Waals surface area contributed by atoms with Gasteiger partial charge in [-0.2, -0.15) is 0 Å². The second-order valence-electron chi connectivity index (χ2n) is 10.7. The van der Waals surface area contributed by atoms with Crippen LogP contribution in [-0.4, -0.2) is 16.5 Å². The molecule has 4 aliphatic carbocycles. The summed E-state index contributed by atoms with van der Waals surface area (Å²) in [4.78, 5) is 12.5. The number of Topliss-reactive ketones (excluding diaryl/α,β-unsaturated/α-hetero) is 1. The molecule has 1 N–H and O–H groups in total. The Labute approximate surface area is 160 Å². The topological polar surface area (TPSA) is 37.3 Å². The van der Waals surface area contributed by atoms with Crippen LogP contribution < -0.4 is 0 Å². The molecule has 0 amide bonds. The minimum Gasteiger partial charge on any atom is -0.390 e. The highest BCUT2D eigenvalue weighted by atomic mass is 16.3. The molecule has 0 unspecified atom stereocenters. The van der Waals surface area contributed by atoms with Gasteiger partial charge in [-0.05, 0) is 113 Å². The molecule has 0 aromatic rings. The fourth-order valence-electron chi connectivity index (χ4n) is 8.62. The van der Waals surface area contributed by atoms with E-state index in [9.17, 15) is 9.90 Å². The van der Waals surface area contributed by atoms with E-state index in [4.69, 9.17) is 0 Å². The van der Waals surface area contributed by atoms with Crippen molar-refractivity contribution in [2.75, 3.05) is 0 Å². The first-order valence-corrected chi connectivity index (χ1v) is 11.6. The maximum atomic E-state index is 12.5. The smallest absolute Gasteiger partial charge is 0.133 e. The van der Waals surface area contributed by atoms with Gasteiger partial charge in [-0.25, -0.2) is 0 Å². The van der Waals surface area contributed by atoms with Crippen LogP contribution in [0.2, 0.25) is 0 Å². The number of rotatable bonds is 2. The second-order valence-corrected chi connectivity index (χ2v) is 10.7. The third-order valence-electron chi connectivity index (χ3n) is 9.58. The average molecular weight is 361 g/mol. The first-order chi connectivity index (χ1) is 12.4. The quantitative estimate of drug-likeness (QED) is 0.679. The first kappa shape index (κ1) is 19.0. The number of carbonyl (C=O) groups excluding carboxylic acids is 1. The lowest BCUT2D eigenvalue weighted by atomic mass is 9.44. The number of hydrogen-bond donors (Lipinski definition) is 1. The zero-order valence-electron chi connectivity index (χ0n) is 17.3. The van der Waals surface area contributed by atoms with Crippen molar-refractivity contribution in [1.82, 2.24) is 0 Å². The van der Waals surface area contributed by atoms with E-state index >= 15 is 0 Å². The highest BCUT2D eigenvalue weighted by molar-refractivity contribution is 5.79. The number of ketones is 1. The van der Waals surface area contributed by atoms with Gasteiger partial charge >= 0.3 is 0 Å². The number of carbonyl (C=O) groups is 1. The van der Waals surface area contributed by atoms with Crippen LogP contribution in [0.25, 0.3) is 0 Å². The van der Waals surface area contributed by atoms with Crippen LogP contribution >= 0.6 is 0 Å². The Bertz CT molecular complexity index is 538. The molecule has 0 aromatic heterocycles. The van der Waals surface area contributed by atoms with E-state index in [2.05, 4.69) is 13.8 Å². The normalized spacial score (nSPS) is 51.5. The molecule has 0 spiro atoms. The van der Waals surface area contributed by atoms with Gasteiger partial charge < -0.3 is 5.11 Å². The molecule has 0 aromatic carbocycles. The zero-order valence-corrected chi connectivity index (χ0v) is 17.3. The standard InChI is InChI=1S/C24H40O2/c1-4-24-14-12-19-18-7-6-13-23(3,26)15-17(18)10-11-20(19)22(24)9-5-8-21(24)16(2)25/h17-22,26H,4-15H2,1-3H3/t17-,18+,19-,20-,21-,22+,23-,24-/m1/s1. The maximum Gasteiger partial charge on any atom is 0.133 e. The molecular weight excluding hydrogens is 320 g/mol. The molecule has 4 aliphatic rings. The molecule has 4 fully saturated rings. The molecule has 2 nitrogen and oxygen atoms in total. The van der Waals surface area contributed by atoms with E-state index in [1.54, 1.807) is 0 Å². The average Bonchev–Trinajstić information content (AvgIpc) is 2.77. The van der Waals surface area contributed by atoms with E-state index in [1.165, 1.54) is 57.8 Å². The van der Waals surface area contributed by atoms with Crippen LogP contribution in [0.1, 0.15) is 97.8 Å². The van der Waals surface area contributed by atoms with Crippen molar-refractivity contribution in [2.24, 2.45) is 40.9 Å². The van der Waals surface area contributed by atoms with Gasteiger partial charge in [0.25, 0.3) is 0 Å². The van der Waals surface area contributed by atoms with Gasteiger partial charge in [-0.3, -0.25) is 4.79 Å². The van der Waals surface area contributed by atoms with Gasteiger partial charge in [-0.1, -0.05) is 19.8 Å². The molecule has 0 heterocycles. The molecule has 0 radical (unpaired) electrons. The molecule has 4 saturated carbocycles. The van der Waals surface area contributed by atoms with E-state index in [0.717, 1.165) is 48.9 Å². The Morgan fingerprint density at radius 3 is 2.50 bits per heavy atom. The van der Waals surface area contributed by atoms with E-state index in [0.29, 0.717) is 17.1 Å². The van der Waals surface area contributed by atoms with E-state index < -0.39 is 5.60 Å². The molecule has 0 bridgehead atoms. The van der Waals surface area contributed by atoms with Crippen LogP contribution in [-0.2, 0) is 4.79 Å². The summed E-state index contributed by atoms with van der Waals surface area (Å²) in [7, 11) is 0. The fraction of sp³-hybridized carbons (Fsp3) is 0.958. The van der Waals surface area contributed by atoms with E-state index in [-0.39, 0.29) is 0 Å². The van der Waals surface area contributed by atoms with Crippen molar-refractivity contribution >= 4 is 5.78 Å². The summed E-state index contributed by atoms with van der Waals surface area (Å²) in [5, 5.41) is 10.7. The summed E-state index contributed by atoms with van der Waals surface area (Å²) >= 11 is 0. The molecular formula is C24H40O2. The van der Waals surface area contributed by atoms with Crippen molar-refractivity contribution in [3.05, 3.63) is 0 Å². The predicted octanol–water partition coefficient (Wildman–Crippen LogP) is 5.77. The van der Waals surface area contributed by atoms with Crippen molar-refractivity contribution in [3.63, 3.8) is 0 Å². The van der Waals surface area contributed by atoms with Gasteiger partial charge in [0.15, 0.2) is 0 Å². The van der Waals surface area contributed by atoms with Crippen LogP contribution in [0, 0.1) is 40.9 Å². The third-order valence-corrected chi connectivity index (χ3v) is 9.58. The van der Waals surface area contributed by atoms with Crippen LogP contribution in [0.5, 0.6) is 0 Å². The number of fused-ring (bicyclic) bond motifs is 5. The summed E-state index contributed by atoms with van der Waals surface area (Å²) in [5.41, 5.74) is -0.118. The fourth-order valence-corrected chi connectivity index (χ4v) is 8.62. The lowest BCUT2D eigenvalue weighted by molar-refractivity contribution is -0.145. The summed E-state index contributed by atoms with van der Waals surface area (Å²) in [6.45, 7) is 6.30. The van der Waals surface area contributed by atoms with Gasteiger partial charge in [0.05, 0.1) is 5.60 Å². The molecule has 26 heavy (non-hydrogen) atoms.